The average Bonchev–Trinajstić information content (AvgIpc) is 2.99. The van der Waals surface area contributed by atoms with Crippen LogP contribution < -0.4 is 5.30 Å². The number of nitrogens with zero attached hydrogens (tertiary/aromatic N) is 1. The van der Waals surface area contributed by atoms with E-state index >= 15 is 0 Å². The summed E-state index contributed by atoms with van der Waals surface area (Å²) < 4.78 is 16.4. The van der Waals surface area contributed by atoms with Crippen LogP contribution in [0.4, 0.5) is 0 Å². The summed E-state index contributed by atoms with van der Waals surface area (Å²) in [6, 6.07) is 25.5. The molecular formula is C42H54NOPS. The van der Waals surface area contributed by atoms with Crippen LogP contribution in [0, 0.1) is 35.5 Å². The quantitative estimate of drug-likeness (QED) is 0.233. The summed E-state index contributed by atoms with van der Waals surface area (Å²) in [5, 5.41) is 5.28. The molecule has 8 fully saturated rings. The highest BCUT2D eigenvalue weighted by molar-refractivity contribution is 7.84. The van der Waals surface area contributed by atoms with E-state index < -0.39 is 11.0 Å². The molecule has 0 amide bonds. The molecule has 3 aromatic carbocycles. The molecule has 3 aromatic rings. The van der Waals surface area contributed by atoms with E-state index in [0.29, 0.717) is 10.3 Å². The molecule has 0 spiro atoms. The van der Waals surface area contributed by atoms with Crippen molar-refractivity contribution in [1.29, 1.82) is 0 Å². The first-order valence-electron chi connectivity index (χ1n) is 18.6. The van der Waals surface area contributed by atoms with Gasteiger partial charge in [0.15, 0.2) is 0 Å². The van der Waals surface area contributed by atoms with Gasteiger partial charge in [-0.05, 0) is 171 Å². The summed E-state index contributed by atoms with van der Waals surface area (Å²) in [5.41, 5.74) is 2.79. The lowest BCUT2D eigenvalue weighted by Gasteiger charge is -2.67. The van der Waals surface area contributed by atoms with Crippen molar-refractivity contribution in [3.8, 4) is 0 Å². The standard InChI is InChI=1S/C42H54NOPS/c1-40(2,3)46(44)43(4)39(36-14-9-11-34-10-5-6-12-35(34)36)37-13-7-8-15-38(37)45(41-22-28-16-29(23-41)18-30(17-28)24-41)42-25-31-19-32(26-42)21-33(20-31)27-42/h5-15,28-33,39H,16-27H2,1-4H3/t28?,29?,30?,31?,32?,33?,39-,41?,42?,45?,46+/m0/s1. The smallest absolute Gasteiger partial charge is 0.100 e. The number of hydrogen-bond acceptors (Lipinski definition) is 1. The van der Waals surface area contributed by atoms with Gasteiger partial charge >= 0.3 is 0 Å². The second-order valence-corrected chi connectivity index (χ2v) is 23.4. The van der Waals surface area contributed by atoms with E-state index in [1.54, 1.807) is 5.30 Å². The highest BCUT2D eigenvalue weighted by atomic mass is 32.2. The zero-order valence-corrected chi connectivity index (χ0v) is 30.3. The number of rotatable bonds is 7. The third-order valence-corrected chi connectivity index (χ3v) is 19.4. The first-order valence-corrected chi connectivity index (χ1v) is 21.1. The second-order valence-electron chi connectivity index (χ2n) is 18.1. The molecule has 2 atom stereocenters. The van der Waals surface area contributed by atoms with E-state index in [1.165, 1.54) is 98.9 Å². The zero-order chi connectivity index (χ0) is 31.4. The first-order chi connectivity index (χ1) is 22.1. The van der Waals surface area contributed by atoms with Gasteiger partial charge in [-0.15, -0.1) is 0 Å². The Hall–Kier alpha value is -1.54. The van der Waals surface area contributed by atoms with Crippen LogP contribution in [0.2, 0.25) is 0 Å². The van der Waals surface area contributed by atoms with E-state index in [4.69, 9.17) is 0 Å². The molecule has 8 aliphatic rings. The van der Waals surface area contributed by atoms with Crippen molar-refractivity contribution in [2.45, 2.75) is 119 Å². The third-order valence-electron chi connectivity index (χ3n) is 13.7. The summed E-state index contributed by atoms with van der Waals surface area (Å²) in [4.78, 5) is 0. The predicted molar refractivity (Wildman–Crippen MR) is 196 cm³/mol. The number of hydrogen-bond donors (Lipinski definition) is 0. The van der Waals surface area contributed by atoms with Gasteiger partial charge in [-0.2, -0.15) is 0 Å². The normalized spacial score (nSPS) is 38.0. The second kappa shape index (κ2) is 11.0. The van der Waals surface area contributed by atoms with E-state index in [-0.39, 0.29) is 18.7 Å². The Morgan fingerprint density at radius 2 is 1.09 bits per heavy atom. The summed E-state index contributed by atoms with van der Waals surface area (Å²) in [7, 11) is 0.609. The Bertz CT molecular complexity index is 1550. The van der Waals surface area contributed by atoms with Crippen LogP contribution in [-0.2, 0) is 11.0 Å². The molecule has 11 rings (SSSR count). The van der Waals surface area contributed by atoms with E-state index in [0.717, 1.165) is 35.5 Å². The lowest BCUT2D eigenvalue weighted by molar-refractivity contribution is 0.0195. The summed E-state index contributed by atoms with van der Waals surface area (Å²) >= 11 is 0. The lowest BCUT2D eigenvalue weighted by atomic mass is 9.55. The fourth-order valence-electron chi connectivity index (χ4n) is 13.2. The van der Waals surface area contributed by atoms with E-state index in [1.807, 2.05) is 0 Å². The Morgan fingerprint density at radius 1 is 0.652 bits per heavy atom. The molecule has 2 nitrogen and oxygen atoms in total. The summed E-state index contributed by atoms with van der Waals surface area (Å²) in [6.07, 6.45) is 18.0. The van der Waals surface area contributed by atoms with Gasteiger partial charge in [-0.1, -0.05) is 74.7 Å². The van der Waals surface area contributed by atoms with Gasteiger partial charge in [-0.3, -0.25) is 0 Å². The van der Waals surface area contributed by atoms with Crippen LogP contribution in [0.1, 0.15) is 115 Å². The summed E-state index contributed by atoms with van der Waals surface area (Å²) in [6.45, 7) is 6.43. The molecule has 8 bridgehead atoms. The molecular weight excluding hydrogens is 598 g/mol. The number of fused-ring (bicyclic) bond motifs is 1. The van der Waals surface area contributed by atoms with Crippen molar-refractivity contribution in [3.05, 3.63) is 77.9 Å². The van der Waals surface area contributed by atoms with Gasteiger partial charge < -0.3 is 0 Å². The first kappa shape index (κ1) is 30.5. The molecule has 0 heterocycles. The fourth-order valence-corrected chi connectivity index (χ4v) is 19.8. The van der Waals surface area contributed by atoms with Crippen molar-refractivity contribution in [1.82, 2.24) is 4.31 Å². The zero-order valence-electron chi connectivity index (χ0n) is 28.6. The molecule has 0 saturated heterocycles. The van der Waals surface area contributed by atoms with Crippen molar-refractivity contribution in [3.63, 3.8) is 0 Å². The van der Waals surface area contributed by atoms with Crippen molar-refractivity contribution in [2.24, 2.45) is 35.5 Å². The molecule has 8 saturated carbocycles. The predicted octanol–water partition coefficient (Wildman–Crippen LogP) is 10.4. The number of benzene rings is 3. The Morgan fingerprint density at radius 3 is 1.61 bits per heavy atom. The van der Waals surface area contributed by atoms with Gasteiger partial charge in [-0.25, -0.2) is 8.51 Å². The van der Waals surface area contributed by atoms with Gasteiger partial charge in [0.25, 0.3) is 0 Å². The molecule has 0 unspecified atom stereocenters. The Labute approximate surface area is 281 Å². The largest absolute Gasteiger partial charge is 0.242 e. The average molecular weight is 652 g/mol. The molecule has 0 aromatic heterocycles. The molecule has 244 valence electrons. The maximum absolute atomic E-state index is 14.5. The lowest BCUT2D eigenvalue weighted by Crippen LogP contribution is -2.58. The Balaban J connectivity index is 1.27. The van der Waals surface area contributed by atoms with Crippen LogP contribution in [0.5, 0.6) is 0 Å². The van der Waals surface area contributed by atoms with Crippen LogP contribution in [0.3, 0.4) is 0 Å². The van der Waals surface area contributed by atoms with E-state index in [2.05, 4.69) is 98.9 Å². The monoisotopic (exact) mass is 651 g/mol. The van der Waals surface area contributed by atoms with Gasteiger partial charge in [0.05, 0.1) is 10.8 Å². The highest BCUT2D eigenvalue weighted by Gasteiger charge is 2.63. The van der Waals surface area contributed by atoms with Crippen LogP contribution in [0.25, 0.3) is 10.8 Å². The van der Waals surface area contributed by atoms with Crippen LogP contribution in [0.15, 0.2) is 66.7 Å². The van der Waals surface area contributed by atoms with Crippen molar-refractivity contribution in [2.75, 3.05) is 7.05 Å². The fraction of sp³-hybridized carbons (Fsp3) is 0.619. The summed E-state index contributed by atoms with van der Waals surface area (Å²) in [5.74, 6) is 5.76. The Kier molecular flexibility index (Phi) is 7.29. The minimum Gasteiger partial charge on any atom is -0.242 e. The molecule has 46 heavy (non-hydrogen) atoms. The van der Waals surface area contributed by atoms with E-state index in [9.17, 15) is 4.21 Å². The molecule has 8 aliphatic carbocycles. The molecule has 0 N–H and O–H groups in total. The minimum absolute atomic E-state index is 0.0461. The maximum atomic E-state index is 14.5. The van der Waals surface area contributed by atoms with Crippen LogP contribution in [-0.4, -0.2) is 30.6 Å². The topological polar surface area (TPSA) is 20.3 Å². The van der Waals surface area contributed by atoms with Crippen LogP contribution >= 0.6 is 7.92 Å². The minimum atomic E-state index is -1.16. The molecule has 0 aliphatic heterocycles. The maximum Gasteiger partial charge on any atom is 0.100 e. The van der Waals surface area contributed by atoms with Gasteiger partial charge in [0.1, 0.15) is 11.0 Å². The van der Waals surface area contributed by atoms with Crippen molar-refractivity contribution < 1.29 is 4.21 Å². The third kappa shape index (κ3) is 4.87. The SMILES string of the molecule is CN([C@H](c1ccccc1P(C12CC3CC(CC(C3)C1)C2)C12CC3CC(CC(C3)C1)C2)c1cccc2ccccc12)[S@](=O)C(C)(C)C. The van der Waals surface area contributed by atoms with Gasteiger partial charge in [0, 0.05) is 7.05 Å². The van der Waals surface area contributed by atoms with Gasteiger partial charge in [0.2, 0.25) is 0 Å². The molecule has 4 heteroatoms. The highest BCUT2D eigenvalue weighted by Crippen LogP contribution is 2.78. The molecule has 0 radical (unpaired) electrons. The van der Waals surface area contributed by atoms with Crippen molar-refractivity contribution >= 4 is 35.0 Å².